The molecule has 1 aromatic rings. The minimum atomic E-state index is -0.742. The largest absolute Gasteiger partial charge is 0.486 e. The van der Waals surface area contributed by atoms with Crippen molar-refractivity contribution in [2.45, 2.75) is 38.2 Å². The van der Waals surface area contributed by atoms with Crippen LogP contribution in [-0.2, 0) is 19.7 Å². The molecular weight excluding hydrogens is 284 g/mol. The molecule has 2 heterocycles. The van der Waals surface area contributed by atoms with E-state index in [4.69, 9.17) is 18.9 Å². The number of benzene rings is 1. The second-order valence-corrected chi connectivity index (χ2v) is 6.22. The lowest BCUT2D eigenvalue weighted by molar-refractivity contribution is -0.152. The fourth-order valence-corrected chi connectivity index (χ4v) is 2.67. The Morgan fingerprint density at radius 1 is 1.23 bits per heavy atom. The standard InChI is InChI=1S/C17H22O5/c1-17(2,16(18)22-11-13-4-3-7-19-13)12-5-6-14-15(10-12)21-9-8-20-14/h5-6,10,13H,3-4,7-9,11H2,1-2H3. The molecule has 1 saturated heterocycles. The highest BCUT2D eigenvalue weighted by Crippen LogP contribution is 2.35. The smallest absolute Gasteiger partial charge is 0.316 e. The van der Waals surface area contributed by atoms with Crippen LogP contribution in [0.5, 0.6) is 11.5 Å². The number of fused-ring (bicyclic) bond motifs is 1. The SMILES string of the molecule is CC(C)(C(=O)OCC1CCCO1)c1ccc2c(c1)OCCO2. The zero-order chi connectivity index (χ0) is 15.6. The van der Waals surface area contributed by atoms with Gasteiger partial charge < -0.3 is 18.9 Å². The quantitative estimate of drug-likeness (QED) is 0.800. The molecule has 0 amide bonds. The maximum Gasteiger partial charge on any atom is 0.316 e. The number of hydrogen-bond donors (Lipinski definition) is 0. The molecule has 1 fully saturated rings. The summed E-state index contributed by atoms with van der Waals surface area (Å²) in [5.74, 6) is 1.15. The van der Waals surface area contributed by atoms with Crippen LogP contribution >= 0.6 is 0 Å². The van der Waals surface area contributed by atoms with Gasteiger partial charge in [-0.3, -0.25) is 4.79 Å². The highest BCUT2D eigenvalue weighted by atomic mass is 16.6. The molecule has 5 nitrogen and oxygen atoms in total. The Morgan fingerprint density at radius 3 is 2.73 bits per heavy atom. The van der Waals surface area contributed by atoms with Crippen molar-refractivity contribution in [2.75, 3.05) is 26.4 Å². The number of rotatable bonds is 4. The molecular formula is C17H22O5. The van der Waals surface area contributed by atoms with Crippen molar-refractivity contribution in [1.82, 2.24) is 0 Å². The Hall–Kier alpha value is -1.75. The molecule has 5 heteroatoms. The second kappa shape index (κ2) is 6.16. The molecule has 0 radical (unpaired) electrons. The minimum Gasteiger partial charge on any atom is -0.486 e. The van der Waals surface area contributed by atoms with Crippen LogP contribution in [0.25, 0.3) is 0 Å². The van der Waals surface area contributed by atoms with Gasteiger partial charge in [0.2, 0.25) is 0 Å². The first-order chi connectivity index (χ1) is 10.6. The molecule has 22 heavy (non-hydrogen) atoms. The van der Waals surface area contributed by atoms with E-state index in [0.29, 0.717) is 25.6 Å². The van der Waals surface area contributed by atoms with E-state index in [9.17, 15) is 4.79 Å². The molecule has 0 saturated carbocycles. The van der Waals surface area contributed by atoms with E-state index in [1.54, 1.807) is 0 Å². The first kappa shape index (κ1) is 15.2. The van der Waals surface area contributed by atoms with Crippen LogP contribution in [0.4, 0.5) is 0 Å². The van der Waals surface area contributed by atoms with Crippen molar-refractivity contribution >= 4 is 5.97 Å². The van der Waals surface area contributed by atoms with Crippen LogP contribution in [0.3, 0.4) is 0 Å². The summed E-state index contributed by atoms with van der Waals surface area (Å²) in [4.78, 5) is 12.4. The summed E-state index contributed by atoms with van der Waals surface area (Å²) >= 11 is 0. The average molecular weight is 306 g/mol. The Kier molecular flexibility index (Phi) is 4.25. The third-order valence-corrected chi connectivity index (χ3v) is 4.20. The van der Waals surface area contributed by atoms with Gasteiger partial charge in [-0.15, -0.1) is 0 Å². The monoisotopic (exact) mass is 306 g/mol. The summed E-state index contributed by atoms with van der Waals surface area (Å²) in [5, 5.41) is 0. The van der Waals surface area contributed by atoms with Gasteiger partial charge in [-0.2, -0.15) is 0 Å². The zero-order valence-electron chi connectivity index (χ0n) is 13.1. The summed E-state index contributed by atoms with van der Waals surface area (Å²) < 4.78 is 22.0. The Balaban J connectivity index is 1.69. The molecule has 1 unspecified atom stereocenters. The fourth-order valence-electron chi connectivity index (χ4n) is 2.67. The Labute approximate surface area is 130 Å². The van der Waals surface area contributed by atoms with Gasteiger partial charge in [-0.05, 0) is 44.4 Å². The number of ether oxygens (including phenoxy) is 4. The van der Waals surface area contributed by atoms with Crippen LogP contribution in [0.2, 0.25) is 0 Å². The zero-order valence-corrected chi connectivity index (χ0v) is 13.1. The first-order valence-corrected chi connectivity index (χ1v) is 7.76. The van der Waals surface area contributed by atoms with Crippen LogP contribution in [-0.4, -0.2) is 38.5 Å². The van der Waals surface area contributed by atoms with E-state index in [1.807, 2.05) is 32.0 Å². The summed E-state index contributed by atoms with van der Waals surface area (Å²) in [5.41, 5.74) is 0.114. The normalized spacial score (nSPS) is 20.7. The number of carbonyl (C=O) groups is 1. The van der Waals surface area contributed by atoms with E-state index >= 15 is 0 Å². The minimum absolute atomic E-state index is 0.0417. The molecule has 0 aromatic heterocycles. The highest BCUT2D eigenvalue weighted by molar-refractivity contribution is 5.82. The molecule has 1 atom stereocenters. The maximum atomic E-state index is 12.4. The van der Waals surface area contributed by atoms with Crippen molar-refractivity contribution in [3.63, 3.8) is 0 Å². The third kappa shape index (κ3) is 3.04. The topological polar surface area (TPSA) is 54.0 Å². The third-order valence-electron chi connectivity index (χ3n) is 4.20. The van der Waals surface area contributed by atoms with Gasteiger partial charge in [0.05, 0.1) is 11.5 Å². The average Bonchev–Trinajstić information content (AvgIpc) is 3.05. The van der Waals surface area contributed by atoms with Gasteiger partial charge in [0.15, 0.2) is 11.5 Å². The van der Waals surface area contributed by atoms with Gasteiger partial charge in [0.1, 0.15) is 19.8 Å². The lowest BCUT2D eigenvalue weighted by Crippen LogP contribution is -2.33. The van der Waals surface area contributed by atoms with Crippen LogP contribution in [0.15, 0.2) is 18.2 Å². The van der Waals surface area contributed by atoms with Crippen molar-refractivity contribution in [1.29, 1.82) is 0 Å². The van der Waals surface area contributed by atoms with Gasteiger partial charge in [0.25, 0.3) is 0 Å². The molecule has 0 bridgehead atoms. The molecule has 0 spiro atoms. The van der Waals surface area contributed by atoms with Crippen LogP contribution in [0, 0.1) is 0 Å². The predicted molar refractivity (Wildman–Crippen MR) is 80.4 cm³/mol. The number of carbonyl (C=O) groups excluding carboxylic acids is 1. The Bertz CT molecular complexity index is 546. The van der Waals surface area contributed by atoms with Crippen molar-refractivity contribution in [2.24, 2.45) is 0 Å². The van der Waals surface area contributed by atoms with Crippen LogP contribution < -0.4 is 9.47 Å². The summed E-state index contributed by atoms with van der Waals surface area (Å²) in [6.45, 7) is 5.88. The fraction of sp³-hybridized carbons (Fsp3) is 0.588. The lowest BCUT2D eigenvalue weighted by Gasteiger charge is -2.26. The molecule has 1 aromatic carbocycles. The molecule has 0 aliphatic carbocycles. The Morgan fingerprint density at radius 2 is 2.00 bits per heavy atom. The summed E-state index contributed by atoms with van der Waals surface area (Å²) in [7, 11) is 0. The molecule has 120 valence electrons. The lowest BCUT2D eigenvalue weighted by atomic mass is 9.84. The molecule has 2 aliphatic rings. The maximum absolute atomic E-state index is 12.4. The molecule has 0 N–H and O–H groups in total. The van der Waals surface area contributed by atoms with E-state index in [-0.39, 0.29) is 12.1 Å². The van der Waals surface area contributed by atoms with Gasteiger partial charge in [0, 0.05) is 6.61 Å². The van der Waals surface area contributed by atoms with Gasteiger partial charge >= 0.3 is 5.97 Å². The highest BCUT2D eigenvalue weighted by Gasteiger charge is 2.33. The van der Waals surface area contributed by atoms with Crippen molar-refractivity contribution < 1.29 is 23.7 Å². The van der Waals surface area contributed by atoms with Crippen LogP contribution in [0.1, 0.15) is 32.3 Å². The number of esters is 1. The molecule has 2 aliphatic heterocycles. The second-order valence-electron chi connectivity index (χ2n) is 6.22. The van der Waals surface area contributed by atoms with Crippen molar-refractivity contribution in [3.8, 4) is 11.5 Å². The number of hydrogen-bond acceptors (Lipinski definition) is 5. The molecule has 3 rings (SSSR count). The summed E-state index contributed by atoms with van der Waals surface area (Å²) in [6, 6.07) is 5.60. The summed E-state index contributed by atoms with van der Waals surface area (Å²) in [6.07, 6.45) is 2.03. The van der Waals surface area contributed by atoms with Gasteiger partial charge in [-0.1, -0.05) is 6.07 Å². The van der Waals surface area contributed by atoms with E-state index in [2.05, 4.69) is 0 Å². The van der Waals surface area contributed by atoms with Crippen molar-refractivity contribution in [3.05, 3.63) is 23.8 Å². The van der Waals surface area contributed by atoms with E-state index < -0.39 is 5.41 Å². The predicted octanol–water partition coefficient (Wildman–Crippen LogP) is 2.46. The van der Waals surface area contributed by atoms with E-state index in [0.717, 1.165) is 30.8 Å². The van der Waals surface area contributed by atoms with E-state index in [1.165, 1.54) is 0 Å². The first-order valence-electron chi connectivity index (χ1n) is 7.76. The van der Waals surface area contributed by atoms with Gasteiger partial charge in [-0.25, -0.2) is 0 Å².